The predicted molar refractivity (Wildman–Crippen MR) is 317 cm³/mol. The van der Waals surface area contributed by atoms with Gasteiger partial charge in [-0.3, -0.25) is 0 Å². The molecule has 0 saturated carbocycles. The monoisotopic (exact) mass is 1070 g/mol. The third kappa shape index (κ3) is 16.3. The molecule has 12 heteroatoms. The van der Waals surface area contributed by atoms with Gasteiger partial charge in [0.05, 0.1) is 42.8 Å². The molecule has 3 atom stereocenters. The van der Waals surface area contributed by atoms with E-state index in [9.17, 15) is 0 Å². The average Bonchev–Trinajstić information content (AvgIpc) is 4.19. The first kappa shape index (κ1) is 58.3. The van der Waals surface area contributed by atoms with Gasteiger partial charge in [0.1, 0.15) is 0 Å². The maximum atomic E-state index is 4.83. The topological polar surface area (TPSA) is 64.5 Å². The molecule has 3 unspecified atom stereocenters. The van der Waals surface area contributed by atoms with Crippen LogP contribution < -0.4 is 0 Å². The summed E-state index contributed by atoms with van der Waals surface area (Å²) in [7, 11) is 8.74. The molecule has 0 N–H and O–H groups in total. The Labute approximate surface area is 460 Å². The van der Waals surface area contributed by atoms with Gasteiger partial charge in [-0.15, -0.1) is 45.3 Å². The Balaban J connectivity index is 0.000000134. The lowest BCUT2D eigenvalue weighted by molar-refractivity contribution is 0.150. The van der Waals surface area contributed by atoms with Gasteiger partial charge in [-0.25, -0.2) is 19.9 Å². The van der Waals surface area contributed by atoms with Gasteiger partial charge in [0, 0.05) is 87.9 Å². The summed E-state index contributed by atoms with van der Waals surface area (Å²) in [6.07, 6.45) is 17.8. The van der Waals surface area contributed by atoms with Crippen molar-refractivity contribution in [2.45, 2.75) is 221 Å². The predicted octanol–water partition coefficient (Wildman–Crippen LogP) is 14.7. The molecule has 0 amide bonds. The van der Waals surface area contributed by atoms with Crippen molar-refractivity contribution in [1.82, 2.24) is 39.5 Å². The number of likely N-dealkylation sites (tertiary alicyclic amines) is 1. The number of likely N-dealkylation sites (N-methyl/N-ethyl adjacent to an activating group) is 3. The van der Waals surface area contributed by atoms with Crippen LogP contribution in [0.25, 0.3) is 0 Å². The maximum Gasteiger partial charge on any atom is 0.0957 e. The van der Waals surface area contributed by atoms with Gasteiger partial charge in [0.25, 0.3) is 0 Å². The molecular formula is C61H96N8S4. The van der Waals surface area contributed by atoms with E-state index in [0.717, 1.165) is 44.1 Å². The quantitative estimate of drug-likeness (QED) is 0.160. The Kier molecular flexibility index (Phi) is 21.8. The second kappa shape index (κ2) is 27.3. The van der Waals surface area contributed by atoms with Crippen molar-refractivity contribution in [2.75, 3.05) is 54.4 Å². The van der Waals surface area contributed by atoms with Crippen LogP contribution in [0.2, 0.25) is 0 Å². The lowest BCUT2D eigenvalue weighted by Gasteiger charge is -2.36. The maximum absolute atomic E-state index is 4.83. The summed E-state index contributed by atoms with van der Waals surface area (Å²) in [6.45, 7) is 32.0. The second-order valence-electron chi connectivity index (χ2n) is 24.2. The summed E-state index contributed by atoms with van der Waals surface area (Å²) in [6, 6.07) is 8.51. The summed E-state index contributed by atoms with van der Waals surface area (Å²) in [5.74, 6) is 3.87. The minimum atomic E-state index is 0.582. The second-order valence-corrected chi connectivity index (χ2v) is 28.6. The molecule has 4 aromatic heterocycles. The highest BCUT2D eigenvalue weighted by atomic mass is 32.1. The largest absolute Gasteiger partial charge is 0.306 e. The average molecular weight is 1070 g/mol. The number of fused-ring (bicyclic) bond motifs is 5. The zero-order valence-corrected chi connectivity index (χ0v) is 51.5. The van der Waals surface area contributed by atoms with Gasteiger partial charge in [0.2, 0.25) is 0 Å². The third-order valence-electron chi connectivity index (χ3n) is 15.7. The standard InChI is InChI=1S/C15H24N2S.C13H19N.C12H20N2S.C11H17NS.C10H16N2S/c1-11(2)15-16-13-7-6-12(10-14(13)18-15)17-8-4-3-5-9-17;1-10(2)12-5-4-11-6-7-14(3)9-13(11)8-12;1-8(2)12-13-10-6-5-9(14(3)4)7-11(10)15-12;1-7(2)11-12-9-5-4-8(3)6-10(9)13-11;1-7(2)10-11-8-4-5-12(3)6-9(8)13-10/h11-12H,3-10H2,1-2H3;4-5,8,10H,6-7,9H2,1-3H3;8-9H,5-7H2,1-4H3;7-8H,4-6H2,1-3H3;7H,4-6H2,1-3H3. The summed E-state index contributed by atoms with van der Waals surface area (Å²) < 4.78 is 0. The first-order chi connectivity index (χ1) is 34.8. The lowest BCUT2D eigenvalue weighted by atomic mass is 9.93. The van der Waals surface area contributed by atoms with Gasteiger partial charge in [-0.2, -0.15) is 0 Å². The summed E-state index contributed by atoms with van der Waals surface area (Å²) in [4.78, 5) is 35.0. The number of aromatic nitrogens is 4. The van der Waals surface area contributed by atoms with E-state index in [0.29, 0.717) is 29.6 Å². The number of benzene rings is 1. The zero-order chi connectivity index (χ0) is 52.5. The molecule has 404 valence electrons. The smallest absolute Gasteiger partial charge is 0.0957 e. The van der Waals surface area contributed by atoms with Crippen LogP contribution >= 0.6 is 45.3 Å². The third-order valence-corrected chi connectivity index (χ3v) is 21.4. The number of rotatable bonds is 7. The van der Waals surface area contributed by atoms with E-state index >= 15 is 0 Å². The van der Waals surface area contributed by atoms with Crippen LogP contribution in [0, 0.1) is 5.92 Å². The fourth-order valence-corrected chi connectivity index (χ4v) is 15.6. The molecule has 11 rings (SSSR count). The molecule has 3 aliphatic heterocycles. The first-order valence-corrected chi connectivity index (χ1v) is 31.9. The molecule has 5 aromatic rings. The highest BCUT2D eigenvalue weighted by Crippen LogP contribution is 2.35. The van der Waals surface area contributed by atoms with Crippen molar-refractivity contribution in [2.24, 2.45) is 5.92 Å². The van der Waals surface area contributed by atoms with Crippen LogP contribution in [0.3, 0.4) is 0 Å². The molecule has 3 aliphatic carbocycles. The van der Waals surface area contributed by atoms with Crippen LogP contribution in [-0.2, 0) is 64.5 Å². The van der Waals surface area contributed by atoms with Gasteiger partial charge < -0.3 is 19.6 Å². The highest BCUT2D eigenvalue weighted by molar-refractivity contribution is 7.12. The lowest BCUT2D eigenvalue weighted by Crippen LogP contribution is -2.42. The van der Waals surface area contributed by atoms with Crippen LogP contribution in [0.4, 0.5) is 0 Å². The van der Waals surface area contributed by atoms with Crippen molar-refractivity contribution < 1.29 is 0 Å². The minimum Gasteiger partial charge on any atom is -0.306 e. The van der Waals surface area contributed by atoms with Crippen molar-refractivity contribution in [3.63, 3.8) is 0 Å². The molecule has 73 heavy (non-hydrogen) atoms. The van der Waals surface area contributed by atoms with Crippen molar-refractivity contribution in [1.29, 1.82) is 0 Å². The van der Waals surface area contributed by atoms with Crippen molar-refractivity contribution >= 4 is 45.3 Å². The summed E-state index contributed by atoms with van der Waals surface area (Å²) in [5.41, 5.74) is 10.1. The van der Waals surface area contributed by atoms with Crippen molar-refractivity contribution in [3.8, 4) is 0 Å². The number of thiazole rings is 4. The number of piperidine rings is 1. The van der Waals surface area contributed by atoms with E-state index in [4.69, 9.17) is 15.0 Å². The normalized spacial score (nSPS) is 21.0. The Morgan fingerprint density at radius 1 is 0.493 bits per heavy atom. The van der Waals surface area contributed by atoms with Gasteiger partial charge in [-0.1, -0.05) is 101 Å². The SMILES string of the molecule is CC(C)c1ccc2c(c1)CN(C)CC2.CC(C)c1nc2c(s1)CC(N(C)C)CC2.CC(C)c1nc2c(s1)CC(N1CCCCC1)CC2.CC(C)c1nc2c(s1)CN(C)CC2.CC1CCc2nc(C(C)C)sc2C1. The van der Waals surface area contributed by atoms with Crippen LogP contribution in [-0.4, -0.2) is 106 Å². The molecule has 6 aliphatic rings. The van der Waals surface area contributed by atoms with Crippen molar-refractivity contribution in [3.05, 3.63) is 97.2 Å². The fourth-order valence-electron chi connectivity index (χ4n) is 10.8. The Bertz CT molecular complexity index is 2400. The minimum absolute atomic E-state index is 0.582. The van der Waals surface area contributed by atoms with E-state index < -0.39 is 0 Å². The molecule has 1 aromatic carbocycles. The van der Waals surface area contributed by atoms with Crippen LogP contribution in [0.5, 0.6) is 0 Å². The van der Waals surface area contributed by atoms with Gasteiger partial charge in [-0.05, 0) is 147 Å². The van der Waals surface area contributed by atoms with E-state index in [1.165, 1.54) is 167 Å². The van der Waals surface area contributed by atoms with E-state index in [1.807, 2.05) is 45.3 Å². The van der Waals surface area contributed by atoms with E-state index in [1.54, 1.807) is 15.3 Å². The molecule has 0 bridgehead atoms. The van der Waals surface area contributed by atoms with E-state index in [-0.39, 0.29) is 0 Å². The molecule has 1 saturated heterocycles. The number of nitrogens with zero attached hydrogens (tertiary/aromatic N) is 8. The summed E-state index contributed by atoms with van der Waals surface area (Å²) >= 11 is 7.73. The van der Waals surface area contributed by atoms with Crippen LogP contribution in [0.1, 0.15) is 223 Å². The van der Waals surface area contributed by atoms with Crippen LogP contribution in [0.15, 0.2) is 18.2 Å². The molecular weight excluding hydrogens is 973 g/mol. The molecule has 8 nitrogen and oxygen atoms in total. The molecule has 7 heterocycles. The molecule has 0 spiro atoms. The summed E-state index contributed by atoms with van der Waals surface area (Å²) in [5, 5.41) is 5.30. The Morgan fingerprint density at radius 3 is 1.52 bits per heavy atom. The number of hydrogen-bond donors (Lipinski definition) is 0. The molecule has 1 fully saturated rings. The number of hydrogen-bond acceptors (Lipinski definition) is 12. The Morgan fingerprint density at radius 2 is 0.973 bits per heavy atom. The zero-order valence-electron chi connectivity index (χ0n) is 48.2. The van der Waals surface area contributed by atoms with Gasteiger partial charge >= 0.3 is 0 Å². The number of aryl methyl sites for hydroxylation is 3. The first-order valence-electron chi connectivity index (χ1n) is 28.6. The highest BCUT2D eigenvalue weighted by Gasteiger charge is 2.29. The molecule has 0 radical (unpaired) electrons. The fraction of sp³-hybridized carbons (Fsp3) is 0.705. The Hall–Kier alpha value is -2.42. The van der Waals surface area contributed by atoms with E-state index in [2.05, 4.69) is 147 Å². The van der Waals surface area contributed by atoms with Gasteiger partial charge in [0.15, 0.2) is 0 Å².